The molecular weight excluding hydrogens is 240 g/mol. The number of ether oxygens (including phenoxy) is 1. The second-order valence-electron chi connectivity index (χ2n) is 4.88. The summed E-state index contributed by atoms with van der Waals surface area (Å²) in [5.74, 6) is -0.119. The standard InChI is InChI=1S/C15H24N2O2/c1-6-15(3,19-5)14(18)17-13-9-7-12(8-10-13)11(2)16-4/h7-11,16H,6H2,1-5H3,(H,17,18). The first-order valence-electron chi connectivity index (χ1n) is 6.60. The van der Waals surface area contributed by atoms with E-state index in [0.29, 0.717) is 12.5 Å². The summed E-state index contributed by atoms with van der Waals surface area (Å²) in [5.41, 5.74) is 1.19. The van der Waals surface area contributed by atoms with Gasteiger partial charge in [0.2, 0.25) is 0 Å². The van der Waals surface area contributed by atoms with Crippen molar-refractivity contribution in [2.45, 2.75) is 38.8 Å². The van der Waals surface area contributed by atoms with Crippen LogP contribution in [0.2, 0.25) is 0 Å². The van der Waals surface area contributed by atoms with Gasteiger partial charge in [0.1, 0.15) is 5.60 Å². The lowest BCUT2D eigenvalue weighted by molar-refractivity contribution is -0.136. The van der Waals surface area contributed by atoms with Crippen LogP contribution in [0.1, 0.15) is 38.8 Å². The molecule has 1 aromatic carbocycles. The van der Waals surface area contributed by atoms with E-state index in [1.54, 1.807) is 14.0 Å². The first-order valence-corrected chi connectivity index (χ1v) is 6.60. The van der Waals surface area contributed by atoms with Crippen molar-refractivity contribution in [3.05, 3.63) is 29.8 Å². The summed E-state index contributed by atoms with van der Waals surface area (Å²) >= 11 is 0. The maximum absolute atomic E-state index is 12.1. The highest BCUT2D eigenvalue weighted by molar-refractivity contribution is 5.97. The minimum Gasteiger partial charge on any atom is -0.369 e. The van der Waals surface area contributed by atoms with Crippen LogP contribution in [0.5, 0.6) is 0 Å². The molecule has 4 heteroatoms. The number of rotatable bonds is 6. The Morgan fingerprint density at radius 2 is 1.95 bits per heavy atom. The van der Waals surface area contributed by atoms with E-state index in [-0.39, 0.29) is 5.91 Å². The largest absolute Gasteiger partial charge is 0.369 e. The lowest BCUT2D eigenvalue weighted by Gasteiger charge is -2.25. The van der Waals surface area contributed by atoms with Crippen molar-refractivity contribution in [2.75, 3.05) is 19.5 Å². The van der Waals surface area contributed by atoms with Gasteiger partial charge >= 0.3 is 0 Å². The van der Waals surface area contributed by atoms with Crippen LogP contribution in [-0.2, 0) is 9.53 Å². The van der Waals surface area contributed by atoms with Gasteiger partial charge in [-0.3, -0.25) is 4.79 Å². The molecule has 2 atom stereocenters. The van der Waals surface area contributed by atoms with Crippen molar-refractivity contribution in [1.82, 2.24) is 5.32 Å². The van der Waals surface area contributed by atoms with Crippen LogP contribution in [0.4, 0.5) is 5.69 Å². The molecule has 0 fully saturated rings. The highest BCUT2D eigenvalue weighted by Gasteiger charge is 2.30. The summed E-state index contributed by atoms with van der Waals surface area (Å²) in [5, 5.41) is 6.06. The van der Waals surface area contributed by atoms with E-state index in [1.807, 2.05) is 38.2 Å². The van der Waals surface area contributed by atoms with Gasteiger partial charge in [-0.25, -0.2) is 0 Å². The van der Waals surface area contributed by atoms with Gasteiger partial charge in [0.15, 0.2) is 0 Å². The molecule has 4 nitrogen and oxygen atoms in total. The van der Waals surface area contributed by atoms with Crippen molar-refractivity contribution in [3.8, 4) is 0 Å². The number of nitrogens with one attached hydrogen (secondary N) is 2. The van der Waals surface area contributed by atoms with Gasteiger partial charge in [0, 0.05) is 18.8 Å². The Bertz CT molecular complexity index is 411. The number of carbonyl (C=O) groups excluding carboxylic acids is 1. The third kappa shape index (κ3) is 3.78. The highest BCUT2D eigenvalue weighted by Crippen LogP contribution is 2.19. The molecule has 0 bridgehead atoms. The Morgan fingerprint density at radius 1 is 1.37 bits per heavy atom. The molecule has 2 N–H and O–H groups in total. The van der Waals surface area contributed by atoms with Crippen molar-refractivity contribution < 1.29 is 9.53 Å². The second-order valence-corrected chi connectivity index (χ2v) is 4.88. The molecule has 0 saturated carbocycles. The molecule has 1 rings (SSSR count). The van der Waals surface area contributed by atoms with Crippen LogP contribution in [0.3, 0.4) is 0 Å². The Balaban J connectivity index is 2.76. The zero-order valence-electron chi connectivity index (χ0n) is 12.4. The van der Waals surface area contributed by atoms with Crippen LogP contribution in [0.25, 0.3) is 0 Å². The summed E-state index contributed by atoms with van der Waals surface area (Å²) in [6.45, 7) is 5.81. The number of carbonyl (C=O) groups is 1. The van der Waals surface area contributed by atoms with E-state index in [4.69, 9.17) is 4.74 Å². The van der Waals surface area contributed by atoms with Gasteiger partial charge < -0.3 is 15.4 Å². The maximum atomic E-state index is 12.1. The second kappa shape index (κ2) is 6.68. The van der Waals surface area contributed by atoms with Crippen LogP contribution in [-0.4, -0.2) is 25.7 Å². The van der Waals surface area contributed by atoms with Crippen molar-refractivity contribution in [3.63, 3.8) is 0 Å². The van der Waals surface area contributed by atoms with Gasteiger partial charge in [0.25, 0.3) is 5.91 Å². The van der Waals surface area contributed by atoms with E-state index < -0.39 is 5.60 Å². The number of benzene rings is 1. The first kappa shape index (κ1) is 15.7. The Labute approximate surface area is 115 Å². The molecule has 2 unspecified atom stereocenters. The molecule has 106 valence electrons. The third-order valence-electron chi connectivity index (χ3n) is 3.71. The fourth-order valence-electron chi connectivity index (χ4n) is 1.68. The molecule has 1 amide bonds. The summed E-state index contributed by atoms with van der Waals surface area (Å²) in [6, 6.07) is 8.13. The Morgan fingerprint density at radius 3 is 2.37 bits per heavy atom. The highest BCUT2D eigenvalue weighted by atomic mass is 16.5. The zero-order valence-corrected chi connectivity index (χ0v) is 12.4. The molecule has 0 saturated heterocycles. The Kier molecular flexibility index (Phi) is 5.51. The summed E-state index contributed by atoms with van der Waals surface area (Å²) in [7, 11) is 3.48. The number of hydrogen-bond donors (Lipinski definition) is 2. The van der Waals surface area contributed by atoms with Gasteiger partial charge in [-0.2, -0.15) is 0 Å². The lowest BCUT2D eigenvalue weighted by Crippen LogP contribution is -2.41. The topological polar surface area (TPSA) is 50.4 Å². The summed E-state index contributed by atoms with van der Waals surface area (Å²) < 4.78 is 5.28. The van der Waals surface area contributed by atoms with Crippen LogP contribution < -0.4 is 10.6 Å². The minimum absolute atomic E-state index is 0.119. The van der Waals surface area contributed by atoms with E-state index in [1.165, 1.54) is 5.56 Å². The molecule has 0 aliphatic rings. The molecule has 0 aliphatic heterocycles. The van der Waals surface area contributed by atoms with Gasteiger partial charge in [-0.15, -0.1) is 0 Å². The average Bonchev–Trinajstić information content (AvgIpc) is 2.46. The van der Waals surface area contributed by atoms with E-state index >= 15 is 0 Å². The third-order valence-corrected chi connectivity index (χ3v) is 3.71. The lowest BCUT2D eigenvalue weighted by atomic mass is 10.0. The van der Waals surface area contributed by atoms with Gasteiger partial charge in [-0.05, 0) is 45.0 Å². The SMILES string of the molecule is CCC(C)(OC)C(=O)Nc1ccc(C(C)NC)cc1. The number of hydrogen-bond acceptors (Lipinski definition) is 3. The molecule has 0 radical (unpaired) electrons. The summed E-state index contributed by atoms with van der Waals surface area (Å²) in [4.78, 5) is 12.1. The Hall–Kier alpha value is -1.39. The quantitative estimate of drug-likeness (QED) is 0.830. The summed E-state index contributed by atoms with van der Waals surface area (Å²) in [6.07, 6.45) is 0.629. The molecule has 0 heterocycles. The van der Waals surface area contributed by atoms with E-state index in [2.05, 4.69) is 17.6 Å². The van der Waals surface area contributed by atoms with E-state index in [9.17, 15) is 4.79 Å². The van der Waals surface area contributed by atoms with Crippen LogP contribution >= 0.6 is 0 Å². The monoisotopic (exact) mass is 264 g/mol. The smallest absolute Gasteiger partial charge is 0.256 e. The molecule has 19 heavy (non-hydrogen) atoms. The van der Waals surface area contributed by atoms with Crippen molar-refractivity contribution in [1.29, 1.82) is 0 Å². The molecule has 1 aromatic rings. The van der Waals surface area contributed by atoms with E-state index in [0.717, 1.165) is 5.69 Å². The van der Waals surface area contributed by atoms with Crippen molar-refractivity contribution in [2.24, 2.45) is 0 Å². The normalized spacial score (nSPS) is 15.6. The molecular formula is C15H24N2O2. The molecule has 0 aromatic heterocycles. The predicted octanol–water partition coefficient (Wildman–Crippen LogP) is 2.72. The predicted molar refractivity (Wildman–Crippen MR) is 78.3 cm³/mol. The molecule has 0 aliphatic carbocycles. The van der Waals surface area contributed by atoms with Gasteiger partial charge in [-0.1, -0.05) is 19.1 Å². The average molecular weight is 264 g/mol. The fraction of sp³-hybridized carbons (Fsp3) is 0.533. The van der Waals surface area contributed by atoms with Crippen molar-refractivity contribution >= 4 is 11.6 Å². The number of methoxy groups -OCH3 is 1. The van der Waals surface area contributed by atoms with Crippen LogP contribution in [0, 0.1) is 0 Å². The first-order chi connectivity index (χ1) is 8.96. The zero-order chi connectivity index (χ0) is 14.5. The van der Waals surface area contributed by atoms with Crippen LogP contribution in [0.15, 0.2) is 24.3 Å². The maximum Gasteiger partial charge on any atom is 0.256 e. The molecule has 0 spiro atoms. The minimum atomic E-state index is -0.781. The number of anilines is 1. The van der Waals surface area contributed by atoms with Gasteiger partial charge in [0.05, 0.1) is 0 Å². The number of amides is 1. The fourth-order valence-corrected chi connectivity index (χ4v) is 1.68.